The number of carbonyl (C=O) groups excluding carboxylic acids is 1. The number of likely N-dealkylation sites (tertiary alicyclic amines) is 1. The Morgan fingerprint density at radius 2 is 1.76 bits per heavy atom. The molecule has 1 N–H and O–H groups in total. The molecule has 0 amide bonds. The number of piperidine rings is 1. The van der Waals surface area contributed by atoms with E-state index in [1.54, 1.807) is 0 Å². The predicted molar refractivity (Wildman–Crippen MR) is 85.5 cm³/mol. The Labute approximate surface area is 128 Å². The zero-order chi connectivity index (χ0) is 15.3. The fourth-order valence-corrected chi connectivity index (χ4v) is 3.08. The summed E-state index contributed by atoms with van der Waals surface area (Å²) in [6, 6.07) is 9.59. The van der Waals surface area contributed by atoms with Crippen LogP contribution in [0.3, 0.4) is 0 Å². The lowest BCUT2D eigenvalue weighted by molar-refractivity contribution is -0.0107. The summed E-state index contributed by atoms with van der Waals surface area (Å²) in [4.78, 5) is 14.7. The molecule has 1 aromatic carbocycles. The average Bonchev–Trinajstić information content (AvgIpc) is 2.55. The van der Waals surface area contributed by atoms with Gasteiger partial charge in [-0.05, 0) is 38.8 Å². The topological polar surface area (TPSA) is 40.5 Å². The molecule has 0 aromatic heterocycles. The SMILES string of the molecule is CCC(O)(CC)CN1CCC(C(=O)c2ccccc2)CC1. The molecule has 1 aliphatic rings. The highest BCUT2D eigenvalue weighted by Crippen LogP contribution is 2.24. The second kappa shape index (κ2) is 7.19. The van der Waals surface area contributed by atoms with E-state index in [1.165, 1.54) is 0 Å². The van der Waals surface area contributed by atoms with Crippen molar-refractivity contribution in [3.63, 3.8) is 0 Å². The second-order valence-electron chi connectivity index (χ2n) is 6.21. The molecule has 1 aliphatic heterocycles. The second-order valence-corrected chi connectivity index (χ2v) is 6.21. The van der Waals surface area contributed by atoms with Crippen LogP contribution >= 0.6 is 0 Å². The van der Waals surface area contributed by atoms with Crippen molar-refractivity contribution in [2.24, 2.45) is 5.92 Å². The zero-order valence-corrected chi connectivity index (χ0v) is 13.2. The monoisotopic (exact) mass is 289 g/mol. The van der Waals surface area contributed by atoms with E-state index >= 15 is 0 Å². The third kappa shape index (κ3) is 4.14. The molecule has 3 heteroatoms. The summed E-state index contributed by atoms with van der Waals surface area (Å²) in [5, 5.41) is 10.4. The third-order valence-electron chi connectivity index (χ3n) is 4.85. The van der Waals surface area contributed by atoms with Gasteiger partial charge in [-0.3, -0.25) is 4.79 Å². The van der Waals surface area contributed by atoms with Gasteiger partial charge in [0.25, 0.3) is 0 Å². The molecule has 0 saturated carbocycles. The van der Waals surface area contributed by atoms with Crippen LogP contribution in [0.25, 0.3) is 0 Å². The average molecular weight is 289 g/mol. The lowest BCUT2D eigenvalue weighted by Gasteiger charge is -2.37. The smallest absolute Gasteiger partial charge is 0.166 e. The highest BCUT2D eigenvalue weighted by Gasteiger charge is 2.30. The quantitative estimate of drug-likeness (QED) is 0.818. The summed E-state index contributed by atoms with van der Waals surface area (Å²) in [5.41, 5.74) is 0.255. The summed E-state index contributed by atoms with van der Waals surface area (Å²) in [5.74, 6) is 0.413. The molecule has 1 saturated heterocycles. The maximum atomic E-state index is 12.4. The highest BCUT2D eigenvalue weighted by molar-refractivity contribution is 5.97. The molecule has 0 unspecified atom stereocenters. The van der Waals surface area contributed by atoms with E-state index in [0.29, 0.717) is 0 Å². The first-order valence-corrected chi connectivity index (χ1v) is 8.12. The van der Waals surface area contributed by atoms with Crippen LogP contribution in [-0.4, -0.2) is 41.0 Å². The van der Waals surface area contributed by atoms with Gasteiger partial charge >= 0.3 is 0 Å². The molecule has 0 aliphatic carbocycles. The van der Waals surface area contributed by atoms with Crippen molar-refractivity contribution < 1.29 is 9.90 Å². The number of aliphatic hydroxyl groups is 1. The minimum absolute atomic E-state index is 0.139. The predicted octanol–water partition coefficient (Wildman–Crippen LogP) is 3.13. The summed E-state index contributed by atoms with van der Waals surface area (Å²) in [6.07, 6.45) is 3.37. The van der Waals surface area contributed by atoms with Gasteiger partial charge in [0, 0.05) is 18.0 Å². The van der Waals surface area contributed by atoms with Gasteiger partial charge in [0.1, 0.15) is 0 Å². The Morgan fingerprint density at radius 1 is 1.19 bits per heavy atom. The standard InChI is InChI=1S/C18H27NO2/c1-3-18(21,4-2)14-19-12-10-16(11-13-19)17(20)15-8-6-5-7-9-15/h5-9,16,21H,3-4,10-14H2,1-2H3. The van der Waals surface area contributed by atoms with Crippen molar-refractivity contribution in [2.45, 2.75) is 45.1 Å². The maximum absolute atomic E-state index is 12.4. The largest absolute Gasteiger partial charge is 0.389 e. The van der Waals surface area contributed by atoms with Crippen LogP contribution in [-0.2, 0) is 0 Å². The molecule has 0 bridgehead atoms. The molecule has 1 fully saturated rings. The fourth-order valence-electron chi connectivity index (χ4n) is 3.08. The fraction of sp³-hybridized carbons (Fsp3) is 0.611. The minimum Gasteiger partial charge on any atom is -0.389 e. The van der Waals surface area contributed by atoms with Crippen molar-refractivity contribution in [3.05, 3.63) is 35.9 Å². The first-order valence-electron chi connectivity index (χ1n) is 8.12. The van der Waals surface area contributed by atoms with E-state index in [0.717, 1.165) is 50.9 Å². The van der Waals surface area contributed by atoms with E-state index < -0.39 is 5.60 Å². The van der Waals surface area contributed by atoms with Crippen molar-refractivity contribution >= 4 is 5.78 Å². The van der Waals surface area contributed by atoms with Crippen LogP contribution in [0.1, 0.15) is 49.9 Å². The minimum atomic E-state index is -0.573. The Morgan fingerprint density at radius 3 is 2.29 bits per heavy atom. The van der Waals surface area contributed by atoms with Gasteiger partial charge in [0.15, 0.2) is 5.78 Å². The Hall–Kier alpha value is -1.19. The van der Waals surface area contributed by atoms with Crippen molar-refractivity contribution in [1.82, 2.24) is 4.90 Å². The molecule has 21 heavy (non-hydrogen) atoms. The number of β-amino-alcohol motifs (C(OH)–C–C–N with tert-alkyl or cyclic N) is 1. The van der Waals surface area contributed by atoms with Crippen LogP contribution in [0.15, 0.2) is 30.3 Å². The summed E-state index contributed by atoms with van der Waals surface area (Å²) >= 11 is 0. The highest BCUT2D eigenvalue weighted by atomic mass is 16.3. The Bertz CT molecular complexity index is 446. The number of hydrogen-bond acceptors (Lipinski definition) is 3. The van der Waals surface area contributed by atoms with Crippen LogP contribution in [0.5, 0.6) is 0 Å². The van der Waals surface area contributed by atoms with Gasteiger partial charge in [-0.25, -0.2) is 0 Å². The van der Waals surface area contributed by atoms with Gasteiger partial charge in [-0.15, -0.1) is 0 Å². The number of benzene rings is 1. The van der Waals surface area contributed by atoms with Gasteiger partial charge < -0.3 is 10.0 Å². The maximum Gasteiger partial charge on any atom is 0.166 e. The van der Waals surface area contributed by atoms with Crippen LogP contribution in [0.2, 0.25) is 0 Å². The first-order chi connectivity index (χ1) is 10.1. The van der Waals surface area contributed by atoms with Crippen molar-refractivity contribution in [2.75, 3.05) is 19.6 Å². The number of carbonyl (C=O) groups is 1. The van der Waals surface area contributed by atoms with Gasteiger partial charge in [-0.2, -0.15) is 0 Å². The Balaban J connectivity index is 1.87. The molecule has 0 atom stereocenters. The zero-order valence-electron chi connectivity index (χ0n) is 13.2. The van der Waals surface area contributed by atoms with E-state index in [9.17, 15) is 9.90 Å². The van der Waals surface area contributed by atoms with Gasteiger partial charge in [0.05, 0.1) is 5.60 Å². The number of hydrogen-bond donors (Lipinski definition) is 1. The van der Waals surface area contributed by atoms with Crippen molar-refractivity contribution in [1.29, 1.82) is 0 Å². The third-order valence-corrected chi connectivity index (χ3v) is 4.85. The molecule has 2 rings (SSSR count). The summed E-state index contributed by atoms with van der Waals surface area (Å²) in [6.45, 7) is 6.62. The molecule has 116 valence electrons. The number of ketones is 1. The van der Waals surface area contributed by atoms with Crippen LogP contribution in [0, 0.1) is 5.92 Å². The molecule has 0 spiro atoms. The van der Waals surface area contributed by atoms with Gasteiger partial charge in [0.2, 0.25) is 0 Å². The first kappa shape index (κ1) is 16.2. The van der Waals surface area contributed by atoms with Gasteiger partial charge in [-0.1, -0.05) is 44.2 Å². The normalized spacial score (nSPS) is 17.9. The molecular weight excluding hydrogens is 262 g/mol. The molecule has 1 heterocycles. The number of rotatable bonds is 6. The lowest BCUT2D eigenvalue weighted by atomic mass is 9.88. The number of Topliss-reactive ketones (excluding diaryl/α,β-unsaturated/α-hetero) is 1. The molecule has 3 nitrogen and oxygen atoms in total. The van der Waals surface area contributed by atoms with E-state index in [1.807, 2.05) is 44.2 Å². The lowest BCUT2D eigenvalue weighted by Crippen LogP contribution is -2.46. The Kier molecular flexibility index (Phi) is 5.54. The number of nitrogens with zero attached hydrogens (tertiary/aromatic N) is 1. The molecule has 0 radical (unpaired) electrons. The van der Waals surface area contributed by atoms with E-state index in [4.69, 9.17) is 0 Å². The molecule has 1 aromatic rings. The van der Waals surface area contributed by atoms with Crippen LogP contribution in [0.4, 0.5) is 0 Å². The van der Waals surface area contributed by atoms with E-state index in [-0.39, 0.29) is 11.7 Å². The summed E-state index contributed by atoms with van der Waals surface area (Å²) in [7, 11) is 0. The molecular formula is C18H27NO2. The van der Waals surface area contributed by atoms with E-state index in [2.05, 4.69) is 4.90 Å². The van der Waals surface area contributed by atoms with Crippen molar-refractivity contribution in [3.8, 4) is 0 Å². The van der Waals surface area contributed by atoms with Crippen LogP contribution < -0.4 is 0 Å². The summed E-state index contributed by atoms with van der Waals surface area (Å²) < 4.78 is 0.